The van der Waals surface area contributed by atoms with Gasteiger partial charge in [-0.15, -0.1) is 0 Å². The van der Waals surface area contributed by atoms with Crippen LogP contribution in [0.25, 0.3) is 27.9 Å². The smallest absolute Gasteiger partial charge is 0.262 e. The highest BCUT2D eigenvalue weighted by atomic mass is 19.3. The largest absolute Gasteiger partial charge is 0.348 e. The number of hydrogen-bond donors (Lipinski definition) is 2. The fourth-order valence-corrected chi connectivity index (χ4v) is 2.57. The number of aromatic amines is 1. The summed E-state index contributed by atoms with van der Waals surface area (Å²) in [4.78, 5) is 15.6. The number of nitrogens with one attached hydrogen (secondary N) is 2. The van der Waals surface area contributed by atoms with E-state index in [0.717, 1.165) is 34.9 Å². The van der Waals surface area contributed by atoms with E-state index in [0.29, 0.717) is 5.65 Å². The third-order valence-corrected chi connectivity index (χ3v) is 3.80. The quantitative estimate of drug-likeness (QED) is 0.595. The van der Waals surface area contributed by atoms with Crippen LogP contribution >= 0.6 is 0 Å². The summed E-state index contributed by atoms with van der Waals surface area (Å²) >= 11 is 0. The van der Waals surface area contributed by atoms with Crippen molar-refractivity contribution >= 4 is 22.6 Å². The zero-order chi connectivity index (χ0) is 17.6. The topological polar surface area (TPSA) is 83.8 Å². The van der Waals surface area contributed by atoms with Crippen molar-refractivity contribution in [3.8, 4) is 11.3 Å². The first-order valence-corrected chi connectivity index (χ1v) is 7.68. The highest BCUT2D eigenvalue weighted by Gasteiger charge is 2.21. The van der Waals surface area contributed by atoms with Gasteiger partial charge in [0.25, 0.3) is 5.92 Å². The Hall–Kier alpha value is -3.10. The minimum atomic E-state index is -2.83. The lowest BCUT2D eigenvalue weighted by molar-refractivity contribution is 0.0366. The summed E-state index contributed by atoms with van der Waals surface area (Å²) in [5.74, 6) is -2.68. The Kier molecular flexibility index (Phi) is 3.38. The molecule has 0 aliphatic carbocycles. The van der Waals surface area contributed by atoms with Crippen LogP contribution in [0.2, 0.25) is 0 Å². The Balaban J connectivity index is 1.71. The van der Waals surface area contributed by atoms with Crippen LogP contribution in [0.15, 0.2) is 30.7 Å². The van der Waals surface area contributed by atoms with E-state index in [-0.39, 0.29) is 5.95 Å². The predicted molar refractivity (Wildman–Crippen MR) is 89.7 cm³/mol. The molecule has 0 amide bonds. The molecule has 0 bridgehead atoms. The van der Waals surface area contributed by atoms with Gasteiger partial charge in [0.1, 0.15) is 5.65 Å². The van der Waals surface area contributed by atoms with Crippen LogP contribution in [0, 0.1) is 6.92 Å². The van der Waals surface area contributed by atoms with Crippen LogP contribution in [0.1, 0.15) is 12.6 Å². The van der Waals surface area contributed by atoms with E-state index in [4.69, 9.17) is 0 Å². The van der Waals surface area contributed by atoms with Gasteiger partial charge in [-0.2, -0.15) is 10.1 Å². The Morgan fingerprint density at radius 2 is 2.08 bits per heavy atom. The summed E-state index contributed by atoms with van der Waals surface area (Å²) < 4.78 is 27.6. The molecule has 4 aromatic rings. The second-order valence-corrected chi connectivity index (χ2v) is 5.97. The molecule has 0 radical (unpaired) electrons. The molecule has 4 rings (SSSR count). The summed E-state index contributed by atoms with van der Waals surface area (Å²) in [6.45, 7) is 2.24. The van der Waals surface area contributed by atoms with Crippen LogP contribution in [-0.2, 0) is 0 Å². The van der Waals surface area contributed by atoms with Crippen LogP contribution in [0.5, 0.6) is 0 Å². The van der Waals surface area contributed by atoms with Gasteiger partial charge in [0.2, 0.25) is 5.95 Å². The van der Waals surface area contributed by atoms with E-state index in [2.05, 4.69) is 30.4 Å². The van der Waals surface area contributed by atoms with E-state index in [1.807, 2.05) is 19.1 Å². The number of anilines is 1. The summed E-state index contributed by atoms with van der Waals surface area (Å²) in [5, 5.41) is 7.88. The molecule has 4 aromatic heterocycles. The lowest BCUT2D eigenvalue weighted by Crippen LogP contribution is -2.23. The molecule has 7 nitrogen and oxygen atoms in total. The number of rotatable bonds is 4. The summed E-state index contributed by atoms with van der Waals surface area (Å²) in [7, 11) is 0. The average Bonchev–Trinajstić information content (AvgIpc) is 3.15. The van der Waals surface area contributed by atoms with Crippen molar-refractivity contribution < 1.29 is 8.78 Å². The molecular formula is C16H15F2N7. The summed E-state index contributed by atoms with van der Waals surface area (Å²) in [6, 6.07) is 3.75. The first-order valence-electron chi connectivity index (χ1n) is 7.68. The summed E-state index contributed by atoms with van der Waals surface area (Å²) in [5.41, 5.74) is 3.82. The second kappa shape index (κ2) is 5.47. The Morgan fingerprint density at radius 3 is 2.88 bits per heavy atom. The Bertz CT molecular complexity index is 1060. The van der Waals surface area contributed by atoms with Gasteiger partial charge >= 0.3 is 0 Å². The predicted octanol–water partition coefficient (Wildman–Crippen LogP) is 3.04. The maximum absolute atomic E-state index is 12.9. The van der Waals surface area contributed by atoms with Gasteiger partial charge in [-0.25, -0.2) is 23.3 Å². The average molecular weight is 343 g/mol. The molecule has 9 heteroatoms. The van der Waals surface area contributed by atoms with Crippen molar-refractivity contribution in [2.45, 2.75) is 19.8 Å². The normalized spacial score (nSPS) is 12.2. The van der Waals surface area contributed by atoms with Crippen LogP contribution in [0.3, 0.4) is 0 Å². The zero-order valence-corrected chi connectivity index (χ0v) is 13.6. The number of H-pyrrole nitrogens is 1. The maximum atomic E-state index is 12.9. The molecule has 0 saturated carbocycles. The third-order valence-electron chi connectivity index (χ3n) is 3.80. The van der Waals surface area contributed by atoms with Crippen molar-refractivity contribution in [1.29, 1.82) is 0 Å². The standard InChI is InChI=1S/C16H15F2N7/c1-9-5-19-13-4-3-12(24-25(9)13)10-6-20-14-11(10)7-21-15(23-14)22-8-16(2,17)18/h3-7H,8H2,1-2H3,(H2,20,21,22,23). The van der Waals surface area contributed by atoms with E-state index in [9.17, 15) is 8.78 Å². The van der Waals surface area contributed by atoms with Crippen molar-refractivity contribution in [3.05, 3.63) is 36.4 Å². The number of aromatic nitrogens is 6. The highest BCUT2D eigenvalue weighted by molar-refractivity contribution is 5.92. The Labute approximate surface area is 141 Å². The number of alkyl halides is 2. The molecular weight excluding hydrogens is 328 g/mol. The van der Waals surface area contributed by atoms with E-state index >= 15 is 0 Å². The molecule has 0 saturated heterocycles. The van der Waals surface area contributed by atoms with Crippen molar-refractivity contribution in [3.63, 3.8) is 0 Å². The number of fused-ring (bicyclic) bond motifs is 2. The molecule has 0 unspecified atom stereocenters. The molecule has 0 aliphatic heterocycles. The Morgan fingerprint density at radius 1 is 1.24 bits per heavy atom. The molecule has 0 aliphatic rings. The molecule has 25 heavy (non-hydrogen) atoms. The van der Waals surface area contributed by atoms with E-state index in [1.165, 1.54) is 0 Å². The lowest BCUT2D eigenvalue weighted by atomic mass is 10.2. The number of hydrogen-bond acceptors (Lipinski definition) is 5. The monoisotopic (exact) mass is 343 g/mol. The van der Waals surface area contributed by atoms with Gasteiger partial charge in [-0.1, -0.05) is 0 Å². The van der Waals surface area contributed by atoms with Crippen molar-refractivity contribution in [2.24, 2.45) is 0 Å². The van der Waals surface area contributed by atoms with Gasteiger partial charge in [-0.05, 0) is 19.1 Å². The molecule has 0 fully saturated rings. The molecule has 128 valence electrons. The van der Waals surface area contributed by atoms with Crippen LogP contribution in [0.4, 0.5) is 14.7 Å². The first kappa shape index (κ1) is 15.4. The number of aryl methyl sites for hydroxylation is 1. The number of nitrogens with zero attached hydrogens (tertiary/aromatic N) is 5. The molecule has 2 N–H and O–H groups in total. The maximum Gasteiger partial charge on any atom is 0.262 e. The van der Waals surface area contributed by atoms with Gasteiger partial charge in [-0.3, -0.25) is 0 Å². The fourth-order valence-electron chi connectivity index (χ4n) is 2.57. The molecule has 0 atom stereocenters. The number of halogens is 2. The molecule has 0 aromatic carbocycles. The fraction of sp³-hybridized carbons (Fsp3) is 0.250. The lowest BCUT2D eigenvalue weighted by Gasteiger charge is -2.10. The zero-order valence-electron chi connectivity index (χ0n) is 13.6. The first-order chi connectivity index (χ1) is 11.9. The SMILES string of the molecule is Cc1cnc2ccc(-c3c[nH]c4nc(NCC(C)(F)F)ncc34)nn12. The van der Waals surface area contributed by atoms with Gasteiger partial charge in [0.15, 0.2) is 5.65 Å². The number of imidazole rings is 1. The van der Waals surface area contributed by atoms with E-state index < -0.39 is 12.5 Å². The second-order valence-electron chi connectivity index (χ2n) is 5.97. The highest BCUT2D eigenvalue weighted by Crippen LogP contribution is 2.26. The van der Waals surface area contributed by atoms with Gasteiger partial charge in [0.05, 0.1) is 24.1 Å². The van der Waals surface area contributed by atoms with Crippen molar-refractivity contribution in [1.82, 2.24) is 29.5 Å². The minimum Gasteiger partial charge on any atom is -0.348 e. The minimum absolute atomic E-state index is 0.149. The van der Waals surface area contributed by atoms with E-state index in [1.54, 1.807) is 23.1 Å². The van der Waals surface area contributed by atoms with Gasteiger partial charge < -0.3 is 10.3 Å². The third kappa shape index (κ3) is 2.88. The molecule has 0 spiro atoms. The van der Waals surface area contributed by atoms with Crippen molar-refractivity contribution in [2.75, 3.05) is 11.9 Å². The summed E-state index contributed by atoms with van der Waals surface area (Å²) in [6.07, 6.45) is 5.13. The van der Waals surface area contributed by atoms with Crippen LogP contribution < -0.4 is 5.32 Å². The van der Waals surface area contributed by atoms with Crippen LogP contribution in [-0.4, -0.2) is 42.0 Å². The molecule has 4 heterocycles. The van der Waals surface area contributed by atoms with Gasteiger partial charge in [0, 0.05) is 30.3 Å².